The average molecular weight is 138 g/mol. The Balaban J connectivity index is 2.40. The number of hydrogen-bond donors (Lipinski definition) is 0. The number of rotatable bonds is 0. The molecule has 0 bridgehead atoms. The lowest BCUT2D eigenvalue weighted by atomic mass is 10.9. The molecule has 1 atom stereocenters. The van der Waals surface area contributed by atoms with Crippen molar-refractivity contribution in [3.63, 3.8) is 0 Å². The summed E-state index contributed by atoms with van der Waals surface area (Å²) in [5, 5.41) is 0. The Bertz CT molecular complexity index is 94.9. The molecule has 1 aliphatic rings. The van der Waals surface area contributed by atoms with Crippen LogP contribution < -0.4 is 0 Å². The van der Waals surface area contributed by atoms with Gasteiger partial charge in [0.05, 0.1) is 0 Å². The van der Waals surface area contributed by atoms with Crippen LogP contribution in [0.4, 0.5) is 9.18 Å². The number of thioether (sulfide) groups is 2. The molecule has 0 aromatic carbocycles. The number of carbonyl (C=O) groups excluding carboxylic acids is 1. The zero-order chi connectivity index (χ0) is 5.28. The maximum absolute atomic E-state index is 11.9. The molecule has 40 valence electrons. The molecule has 0 radical (unpaired) electrons. The van der Waals surface area contributed by atoms with Gasteiger partial charge in [0.1, 0.15) is 0 Å². The summed E-state index contributed by atoms with van der Waals surface area (Å²) in [6, 6.07) is 0. The van der Waals surface area contributed by atoms with E-state index in [2.05, 4.69) is 0 Å². The Labute approximate surface area is 49.0 Å². The molecule has 7 heavy (non-hydrogen) atoms. The lowest BCUT2D eigenvalue weighted by Crippen LogP contribution is -1.86. The first-order valence-corrected chi connectivity index (χ1v) is 3.63. The molecule has 1 saturated heterocycles. The van der Waals surface area contributed by atoms with Gasteiger partial charge in [-0.3, -0.25) is 4.79 Å². The highest BCUT2D eigenvalue weighted by Gasteiger charge is 2.22. The Morgan fingerprint density at radius 3 is 2.71 bits per heavy atom. The van der Waals surface area contributed by atoms with Gasteiger partial charge in [0, 0.05) is 5.75 Å². The van der Waals surface area contributed by atoms with Crippen molar-refractivity contribution >= 4 is 28.0 Å². The molecule has 1 aliphatic heterocycles. The maximum Gasteiger partial charge on any atom is 0.248 e. The minimum absolute atomic E-state index is 0.0903. The van der Waals surface area contributed by atoms with Crippen LogP contribution in [0.1, 0.15) is 0 Å². The Hall–Kier alpha value is 0.300. The van der Waals surface area contributed by atoms with Crippen LogP contribution in [-0.2, 0) is 0 Å². The van der Waals surface area contributed by atoms with E-state index in [1.807, 2.05) is 0 Å². The fourth-order valence-electron chi connectivity index (χ4n) is 0.306. The van der Waals surface area contributed by atoms with E-state index in [1.165, 1.54) is 0 Å². The third-order valence-corrected chi connectivity index (χ3v) is 2.72. The summed E-state index contributed by atoms with van der Waals surface area (Å²) in [4.78, 5) is 10.1. The molecule has 1 unspecified atom stereocenters. The first-order chi connectivity index (χ1) is 3.29. The van der Waals surface area contributed by atoms with Crippen molar-refractivity contribution in [3.05, 3.63) is 0 Å². The Kier molecular flexibility index (Phi) is 1.59. The Morgan fingerprint density at radius 2 is 2.57 bits per heavy atom. The largest absolute Gasteiger partial charge is 0.274 e. The summed E-state index contributed by atoms with van der Waals surface area (Å²) in [6.45, 7) is 0. The lowest BCUT2D eigenvalue weighted by Gasteiger charge is -1.83. The first kappa shape index (κ1) is 5.44. The van der Waals surface area contributed by atoms with Crippen LogP contribution in [-0.4, -0.2) is 15.7 Å². The van der Waals surface area contributed by atoms with Crippen molar-refractivity contribution in [2.75, 3.05) is 5.75 Å². The van der Waals surface area contributed by atoms with E-state index in [4.69, 9.17) is 0 Å². The van der Waals surface area contributed by atoms with E-state index >= 15 is 0 Å². The predicted molar refractivity (Wildman–Crippen MR) is 30.3 cm³/mol. The van der Waals surface area contributed by atoms with Gasteiger partial charge in [0.25, 0.3) is 0 Å². The summed E-state index contributed by atoms with van der Waals surface area (Å²) in [5.41, 5.74) is -0.947. The molecule has 0 N–H and O–H groups in total. The van der Waals surface area contributed by atoms with Gasteiger partial charge in [-0.15, -0.1) is 0 Å². The molecule has 0 amide bonds. The van der Waals surface area contributed by atoms with Crippen molar-refractivity contribution in [3.8, 4) is 0 Å². The van der Waals surface area contributed by atoms with E-state index in [9.17, 15) is 9.18 Å². The number of carbonyl (C=O) groups is 1. The molecule has 1 heterocycles. The van der Waals surface area contributed by atoms with Gasteiger partial charge in [0.15, 0.2) is 5.50 Å². The second kappa shape index (κ2) is 2.05. The molecule has 0 aliphatic carbocycles. The molecule has 0 spiro atoms. The van der Waals surface area contributed by atoms with Crippen molar-refractivity contribution in [1.29, 1.82) is 0 Å². The third kappa shape index (κ3) is 1.35. The van der Waals surface area contributed by atoms with Gasteiger partial charge in [-0.05, 0) is 11.8 Å². The molecular weight excluding hydrogens is 135 g/mol. The van der Waals surface area contributed by atoms with Gasteiger partial charge in [-0.2, -0.15) is 0 Å². The van der Waals surface area contributed by atoms with Gasteiger partial charge in [-0.25, -0.2) is 4.39 Å². The van der Waals surface area contributed by atoms with Crippen LogP contribution in [0.2, 0.25) is 0 Å². The third-order valence-electron chi connectivity index (χ3n) is 0.556. The van der Waals surface area contributed by atoms with Gasteiger partial charge in [0.2, 0.25) is 4.45 Å². The SMILES string of the molecule is O=C1SCC(F)S1. The van der Waals surface area contributed by atoms with E-state index in [0.29, 0.717) is 5.75 Å². The molecule has 1 nitrogen and oxygen atoms in total. The molecular formula is C3H3FOS2. The summed E-state index contributed by atoms with van der Waals surface area (Å²) in [6.07, 6.45) is 0. The van der Waals surface area contributed by atoms with Crippen molar-refractivity contribution in [2.24, 2.45) is 0 Å². The molecule has 0 aromatic rings. The van der Waals surface area contributed by atoms with Crippen molar-refractivity contribution in [2.45, 2.75) is 5.50 Å². The monoisotopic (exact) mass is 138 g/mol. The van der Waals surface area contributed by atoms with Gasteiger partial charge < -0.3 is 0 Å². The summed E-state index contributed by atoms with van der Waals surface area (Å²) in [5.74, 6) is 0.337. The lowest BCUT2D eigenvalue weighted by molar-refractivity contribution is 0.276. The van der Waals surface area contributed by atoms with E-state index in [-0.39, 0.29) is 4.45 Å². The van der Waals surface area contributed by atoms with Crippen molar-refractivity contribution < 1.29 is 9.18 Å². The zero-order valence-corrected chi connectivity index (χ0v) is 5.02. The smallest absolute Gasteiger partial charge is 0.248 e. The van der Waals surface area contributed by atoms with E-state index in [1.54, 1.807) is 0 Å². The summed E-state index contributed by atoms with van der Waals surface area (Å²) >= 11 is 1.83. The quantitative estimate of drug-likeness (QED) is 0.508. The van der Waals surface area contributed by atoms with Gasteiger partial charge >= 0.3 is 0 Å². The second-order valence-electron chi connectivity index (χ2n) is 1.09. The average Bonchev–Trinajstić information content (AvgIpc) is 1.87. The topological polar surface area (TPSA) is 17.1 Å². The van der Waals surface area contributed by atoms with Crippen LogP contribution in [0, 0.1) is 0 Å². The highest BCUT2D eigenvalue weighted by molar-refractivity contribution is 8.41. The predicted octanol–water partition coefficient (Wildman–Crippen LogP) is 1.88. The highest BCUT2D eigenvalue weighted by atomic mass is 32.2. The van der Waals surface area contributed by atoms with Crippen LogP contribution in [0.15, 0.2) is 0 Å². The van der Waals surface area contributed by atoms with Gasteiger partial charge in [-0.1, -0.05) is 11.8 Å². The van der Waals surface area contributed by atoms with Crippen LogP contribution in [0.25, 0.3) is 0 Å². The van der Waals surface area contributed by atoms with Crippen molar-refractivity contribution in [1.82, 2.24) is 0 Å². The highest BCUT2D eigenvalue weighted by Crippen LogP contribution is 2.32. The van der Waals surface area contributed by atoms with E-state index in [0.717, 1.165) is 23.5 Å². The molecule has 1 fully saturated rings. The number of halogens is 1. The molecule has 4 heteroatoms. The molecule has 0 saturated carbocycles. The van der Waals surface area contributed by atoms with E-state index < -0.39 is 5.50 Å². The van der Waals surface area contributed by atoms with Crippen LogP contribution >= 0.6 is 23.5 Å². The maximum atomic E-state index is 11.9. The van der Waals surface area contributed by atoms with Crippen LogP contribution in [0.3, 0.4) is 0 Å². The number of alkyl halides is 1. The fraction of sp³-hybridized carbons (Fsp3) is 0.667. The normalized spacial score (nSPS) is 31.6. The summed E-state index contributed by atoms with van der Waals surface area (Å²) < 4.78 is 11.8. The first-order valence-electron chi connectivity index (χ1n) is 1.76. The Morgan fingerprint density at radius 1 is 1.86 bits per heavy atom. The molecule has 1 rings (SSSR count). The minimum atomic E-state index is -0.947. The summed E-state index contributed by atoms with van der Waals surface area (Å²) in [7, 11) is 0. The second-order valence-corrected chi connectivity index (χ2v) is 3.46. The standard InChI is InChI=1S/C3H3FOS2/c4-2-1-6-3(5)7-2/h2H,1H2. The fourth-order valence-corrected chi connectivity index (χ4v) is 2.05. The van der Waals surface area contributed by atoms with Crippen LogP contribution in [0.5, 0.6) is 0 Å². The number of hydrogen-bond acceptors (Lipinski definition) is 3. The molecule has 0 aromatic heterocycles. The minimum Gasteiger partial charge on any atom is -0.274 e. The zero-order valence-electron chi connectivity index (χ0n) is 3.39.